The van der Waals surface area contributed by atoms with Crippen LogP contribution < -0.4 is 11.1 Å². The molecule has 1 rings (SSSR count). The maximum atomic E-state index is 11.3. The standard InChI is InChI=1S/C13H26N2OS/c1-9(2)15-12(13(14)16)8-17-11-6-4-5-10(3)7-11/h9-12,15H,4-8H2,1-3H3,(H2,14,16). The van der Waals surface area contributed by atoms with E-state index >= 15 is 0 Å². The Morgan fingerprint density at radius 3 is 2.71 bits per heavy atom. The van der Waals surface area contributed by atoms with Gasteiger partial charge in [-0.15, -0.1) is 0 Å². The van der Waals surface area contributed by atoms with Crippen molar-refractivity contribution >= 4 is 17.7 Å². The first-order valence-electron chi connectivity index (χ1n) is 6.66. The molecule has 17 heavy (non-hydrogen) atoms. The molecule has 0 saturated heterocycles. The third kappa shape index (κ3) is 5.77. The Kier molecular flexibility index (Phi) is 6.34. The Labute approximate surface area is 109 Å². The van der Waals surface area contributed by atoms with Crippen LogP contribution in [-0.2, 0) is 4.79 Å². The van der Waals surface area contributed by atoms with Crippen molar-refractivity contribution in [3.8, 4) is 0 Å². The molecule has 3 nitrogen and oxygen atoms in total. The van der Waals surface area contributed by atoms with Gasteiger partial charge in [-0.25, -0.2) is 0 Å². The van der Waals surface area contributed by atoms with Crippen LogP contribution in [0, 0.1) is 5.92 Å². The molecule has 0 aromatic rings. The van der Waals surface area contributed by atoms with Gasteiger partial charge in [0, 0.05) is 17.0 Å². The van der Waals surface area contributed by atoms with E-state index in [1.54, 1.807) is 0 Å². The van der Waals surface area contributed by atoms with Crippen LogP contribution in [0.5, 0.6) is 0 Å². The van der Waals surface area contributed by atoms with Gasteiger partial charge in [0.15, 0.2) is 0 Å². The molecule has 100 valence electrons. The predicted octanol–water partition coefficient (Wildman–Crippen LogP) is 2.15. The number of rotatable bonds is 6. The molecule has 0 aliphatic heterocycles. The average molecular weight is 258 g/mol. The van der Waals surface area contributed by atoms with Gasteiger partial charge < -0.3 is 11.1 Å². The fourth-order valence-electron chi connectivity index (χ4n) is 2.38. The number of amides is 1. The van der Waals surface area contributed by atoms with Crippen LogP contribution in [-0.4, -0.2) is 29.0 Å². The van der Waals surface area contributed by atoms with Gasteiger partial charge in [0.1, 0.15) is 0 Å². The summed E-state index contributed by atoms with van der Waals surface area (Å²) < 4.78 is 0. The first-order chi connectivity index (χ1) is 7.99. The van der Waals surface area contributed by atoms with Crippen LogP contribution in [0.25, 0.3) is 0 Å². The van der Waals surface area contributed by atoms with E-state index < -0.39 is 0 Å². The molecule has 0 heterocycles. The van der Waals surface area contributed by atoms with Crippen molar-refractivity contribution in [3.05, 3.63) is 0 Å². The number of nitrogens with two attached hydrogens (primary N) is 1. The zero-order chi connectivity index (χ0) is 12.8. The van der Waals surface area contributed by atoms with Crippen LogP contribution in [0.1, 0.15) is 46.5 Å². The summed E-state index contributed by atoms with van der Waals surface area (Å²) in [6, 6.07) is 0.121. The number of thioether (sulfide) groups is 1. The lowest BCUT2D eigenvalue weighted by molar-refractivity contribution is -0.119. The number of primary amides is 1. The zero-order valence-electron chi connectivity index (χ0n) is 11.2. The third-order valence-corrected chi connectivity index (χ3v) is 4.69. The summed E-state index contributed by atoms with van der Waals surface area (Å²) in [5, 5.41) is 3.95. The van der Waals surface area contributed by atoms with Crippen molar-refractivity contribution in [3.63, 3.8) is 0 Å². The van der Waals surface area contributed by atoms with Gasteiger partial charge in [0.25, 0.3) is 0 Å². The van der Waals surface area contributed by atoms with Crippen molar-refractivity contribution < 1.29 is 4.79 Å². The van der Waals surface area contributed by atoms with Gasteiger partial charge in [-0.2, -0.15) is 11.8 Å². The van der Waals surface area contributed by atoms with Crippen LogP contribution in [0.3, 0.4) is 0 Å². The maximum Gasteiger partial charge on any atom is 0.235 e. The van der Waals surface area contributed by atoms with Gasteiger partial charge in [-0.05, 0) is 18.8 Å². The summed E-state index contributed by atoms with van der Waals surface area (Å²) in [5.41, 5.74) is 5.41. The van der Waals surface area contributed by atoms with Gasteiger partial charge in [-0.1, -0.05) is 33.6 Å². The molecule has 0 bridgehead atoms. The van der Waals surface area contributed by atoms with Crippen LogP contribution in [0.4, 0.5) is 0 Å². The van der Waals surface area contributed by atoms with Crippen LogP contribution >= 0.6 is 11.8 Å². The van der Waals surface area contributed by atoms with E-state index in [1.807, 2.05) is 25.6 Å². The minimum Gasteiger partial charge on any atom is -0.368 e. The average Bonchev–Trinajstić information content (AvgIpc) is 2.23. The van der Waals surface area contributed by atoms with E-state index in [-0.39, 0.29) is 11.9 Å². The summed E-state index contributed by atoms with van der Waals surface area (Å²) in [7, 11) is 0. The van der Waals surface area contributed by atoms with E-state index in [1.165, 1.54) is 25.7 Å². The van der Waals surface area contributed by atoms with Gasteiger partial charge in [0.2, 0.25) is 5.91 Å². The highest BCUT2D eigenvalue weighted by Crippen LogP contribution is 2.32. The highest BCUT2D eigenvalue weighted by Gasteiger charge is 2.22. The zero-order valence-corrected chi connectivity index (χ0v) is 12.1. The SMILES string of the molecule is CC1CCCC(SCC(NC(C)C)C(N)=O)C1. The van der Waals surface area contributed by atoms with E-state index in [0.29, 0.717) is 6.04 Å². The number of nitrogens with one attached hydrogen (secondary N) is 1. The number of hydrogen-bond acceptors (Lipinski definition) is 3. The molecular formula is C13H26N2OS. The fourth-order valence-corrected chi connectivity index (χ4v) is 3.90. The van der Waals surface area contributed by atoms with Gasteiger partial charge in [0.05, 0.1) is 6.04 Å². The molecule has 3 unspecified atom stereocenters. The lowest BCUT2D eigenvalue weighted by atomic mass is 9.91. The highest BCUT2D eigenvalue weighted by molar-refractivity contribution is 7.99. The van der Waals surface area contributed by atoms with E-state index in [9.17, 15) is 4.79 Å². The molecule has 1 aliphatic carbocycles. The van der Waals surface area contributed by atoms with Gasteiger partial charge >= 0.3 is 0 Å². The third-order valence-electron chi connectivity index (χ3n) is 3.26. The molecule has 0 aromatic heterocycles. The molecule has 1 fully saturated rings. The van der Waals surface area contributed by atoms with E-state index in [4.69, 9.17) is 5.73 Å². The Morgan fingerprint density at radius 1 is 1.47 bits per heavy atom. The summed E-state index contributed by atoms with van der Waals surface area (Å²) in [5.74, 6) is 1.42. The highest BCUT2D eigenvalue weighted by atomic mass is 32.2. The summed E-state index contributed by atoms with van der Waals surface area (Å²) in [6.07, 6.45) is 5.28. The van der Waals surface area contributed by atoms with Crippen LogP contribution in [0.2, 0.25) is 0 Å². The van der Waals surface area contributed by atoms with Crippen molar-refractivity contribution in [1.29, 1.82) is 0 Å². The van der Waals surface area contributed by atoms with Crippen molar-refractivity contribution in [2.75, 3.05) is 5.75 Å². The number of carbonyl (C=O) groups excluding carboxylic acids is 1. The molecule has 4 heteroatoms. The van der Waals surface area contributed by atoms with Crippen molar-refractivity contribution in [2.24, 2.45) is 11.7 Å². The summed E-state index contributed by atoms with van der Waals surface area (Å²) in [4.78, 5) is 11.3. The quantitative estimate of drug-likeness (QED) is 0.767. The second kappa shape index (κ2) is 7.27. The Balaban J connectivity index is 2.32. The van der Waals surface area contributed by atoms with Crippen LogP contribution in [0.15, 0.2) is 0 Å². The molecule has 1 aliphatic rings. The second-order valence-electron chi connectivity index (χ2n) is 5.50. The monoisotopic (exact) mass is 258 g/mol. The molecule has 1 amide bonds. The Morgan fingerprint density at radius 2 is 2.18 bits per heavy atom. The van der Waals surface area contributed by atoms with Crippen molar-refractivity contribution in [1.82, 2.24) is 5.32 Å². The number of hydrogen-bond donors (Lipinski definition) is 2. The molecule has 0 aromatic carbocycles. The minimum atomic E-state index is -0.227. The molecule has 1 saturated carbocycles. The molecule has 0 spiro atoms. The molecule has 3 N–H and O–H groups in total. The topological polar surface area (TPSA) is 55.1 Å². The summed E-state index contributed by atoms with van der Waals surface area (Å²) >= 11 is 1.92. The van der Waals surface area contributed by atoms with Gasteiger partial charge in [-0.3, -0.25) is 4.79 Å². The first-order valence-corrected chi connectivity index (χ1v) is 7.71. The largest absolute Gasteiger partial charge is 0.368 e. The number of carbonyl (C=O) groups is 1. The molecular weight excluding hydrogens is 232 g/mol. The second-order valence-corrected chi connectivity index (χ2v) is 6.84. The normalized spacial score (nSPS) is 27.1. The first kappa shape index (κ1) is 14.8. The molecule has 3 atom stereocenters. The molecule has 0 radical (unpaired) electrons. The smallest absolute Gasteiger partial charge is 0.235 e. The lowest BCUT2D eigenvalue weighted by Crippen LogP contribution is -2.46. The maximum absolute atomic E-state index is 11.3. The van der Waals surface area contributed by atoms with E-state index in [2.05, 4.69) is 12.2 Å². The fraction of sp³-hybridized carbons (Fsp3) is 0.923. The minimum absolute atomic E-state index is 0.183. The van der Waals surface area contributed by atoms with E-state index in [0.717, 1.165) is 16.9 Å². The Bertz CT molecular complexity index is 246. The predicted molar refractivity (Wildman–Crippen MR) is 75.1 cm³/mol. The summed E-state index contributed by atoms with van der Waals surface area (Å²) in [6.45, 7) is 6.41. The van der Waals surface area contributed by atoms with Crippen molar-refractivity contribution in [2.45, 2.75) is 63.8 Å². The lowest BCUT2D eigenvalue weighted by Gasteiger charge is -2.27. The Hall–Kier alpha value is -0.220.